The minimum Gasteiger partial charge on any atom is -0.462 e. The number of esters is 1. The smallest absolute Gasteiger partial charge is 0.306 e. The number of amides is 1. The maximum absolute atomic E-state index is 13.5. The lowest BCUT2D eigenvalue weighted by atomic mass is 10.1. The van der Waals surface area contributed by atoms with Gasteiger partial charge >= 0.3 is 5.97 Å². The molecule has 1 N–H and O–H groups in total. The van der Waals surface area contributed by atoms with Gasteiger partial charge in [0.15, 0.2) is 0 Å². The molecule has 4 rings (SSSR count). The van der Waals surface area contributed by atoms with E-state index in [9.17, 15) is 14.0 Å². The number of imidazole rings is 1. The van der Waals surface area contributed by atoms with Crippen LogP contribution < -0.4 is 5.32 Å². The molecule has 6 nitrogen and oxygen atoms in total. The van der Waals surface area contributed by atoms with Crippen LogP contribution in [0.1, 0.15) is 47.4 Å². The van der Waals surface area contributed by atoms with Gasteiger partial charge in [-0.15, -0.1) is 0 Å². The number of hydrogen-bond donors (Lipinski definition) is 1. The number of cyclic esters (lactones) is 1. The highest BCUT2D eigenvalue weighted by Crippen LogP contribution is 2.25. The fourth-order valence-electron chi connectivity index (χ4n) is 3.96. The molecule has 7 heteroatoms. The first-order valence-electron chi connectivity index (χ1n) is 10.9. The topological polar surface area (TPSA) is 73.2 Å². The number of carbonyl (C=O) groups excluding carboxylic acids is 2. The van der Waals surface area contributed by atoms with Crippen molar-refractivity contribution in [2.24, 2.45) is 0 Å². The second-order valence-corrected chi connectivity index (χ2v) is 7.99. The molecule has 166 valence electrons. The number of rotatable bonds is 7. The van der Waals surface area contributed by atoms with Crippen molar-refractivity contribution in [1.82, 2.24) is 14.9 Å². The highest BCUT2D eigenvalue weighted by Gasteiger charge is 2.24. The van der Waals surface area contributed by atoms with Gasteiger partial charge < -0.3 is 14.6 Å². The highest BCUT2D eigenvalue weighted by atomic mass is 19.1. The molecule has 0 radical (unpaired) electrons. The van der Waals surface area contributed by atoms with Crippen LogP contribution in [0, 0.1) is 12.7 Å². The zero-order chi connectivity index (χ0) is 22.5. The van der Waals surface area contributed by atoms with Gasteiger partial charge in [0, 0.05) is 37.2 Å². The first-order chi connectivity index (χ1) is 15.5. The lowest BCUT2D eigenvalue weighted by Gasteiger charge is -2.23. The normalized spacial score (nSPS) is 15.9. The van der Waals surface area contributed by atoms with Gasteiger partial charge in [-0.2, -0.15) is 0 Å². The Morgan fingerprint density at radius 1 is 1.19 bits per heavy atom. The average Bonchev–Trinajstić information content (AvgIpc) is 3.13. The Kier molecular flexibility index (Phi) is 6.63. The number of halogens is 1. The van der Waals surface area contributed by atoms with E-state index in [-0.39, 0.29) is 23.8 Å². The van der Waals surface area contributed by atoms with E-state index in [0.717, 1.165) is 29.7 Å². The molecule has 2 aromatic carbocycles. The van der Waals surface area contributed by atoms with Crippen molar-refractivity contribution >= 4 is 11.9 Å². The van der Waals surface area contributed by atoms with Crippen LogP contribution in [0.5, 0.6) is 0 Å². The van der Waals surface area contributed by atoms with Gasteiger partial charge in [0.25, 0.3) is 5.91 Å². The molecule has 1 saturated heterocycles. The van der Waals surface area contributed by atoms with E-state index in [1.54, 1.807) is 12.1 Å². The number of nitrogens with zero attached hydrogens (tertiary/aromatic N) is 2. The molecule has 1 aliphatic rings. The molecule has 1 unspecified atom stereocenters. The molecule has 1 aliphatic heterocycles. The van der Waals surface area contributed by atoms with Gasteiger partial charge in [0.1, 0.15) is 23.4 Å². The summed E-state index contributed by atoms with van der Waals surface area (Å²) in [6, 6.07) is 15.7. The minimum atomic E-state index is -0.335. The second kappa shape index (κ2) is 9.77. The summed E-state index contributed by atoms with van der Waals surface area (Å²) in [7, 11) is 0. The molecule has 0 aliphatic carbocycles. The first-order valence-corrected chi connectivity index (χ1v) is 10.9. The monoisotopic (exact) mass is 435 g/mol. The third-order valence-corrected chi connectivity index (χ3v) is 5.71. The van der Waals surface area contributed by atoms with Crippen LogP contribution >= 0.6 is 0 Å². The van der Waals surface area contributed by atoms with Crippen LogP contribution in [0.3, 0.4) is 0 Å². The summed E-state index contributed by atoms with van der Waals surface area (Å²) in [4.78, 5) is 29.2. The molecule has 1 atom stereocenters. The standard InChI is InChI=1S/C25H26FN3O3/c1-17-23(25(31)27-16-18-6-3-2-4-7-18)28-24(19-10-12-20(26)13-11-19)29(17)15-14-21-8-5-9-22(30)32-21/h2-4,6-7,10-13,21H,5,8-9,14-16H2,1H3,(H,27,31). The number of benzene rings is 2. The van der Waals surface area contributed by atoms with Crippen LogP contribution in [0.15, 0.2) is 54.6 Å². The van der Waals surface area contributed by atoms with Crippen molar-refractivity contribution in [2.45, 2.75) is 51.8 Å². The van der Waals surface area contributed by atoms with Gasteiger partial charge in [-0.25, -0.2) is 9.37 Å². The van der Waals surface area contributed by atoms with Crippen LogP contribution in [0.25, 0.3) is 11.4 Å². The molecule has 1 aromatic heterocycles. The Labute approximate surface area is 186 Å². The molecule has 1 amide bonds. The molecule has 1 fully saturated rings. The summed E-state index contributed by atoms with van der Waals surface area (Å²) >= 11 is 0. The number of hydrogen-bond acceptors (Lipinski definition) is 4. The molecule has 3 aromatic rings. The molecule has 0 saturated carbocycles. The molecule has 32 heavy (non-hydrogen) atoms. The van der Waals surface area contributed by atoms with Crippen LogP contribution in [0.2, 0.25) is 0 Å². The van der Waals surface area contributed by atoms with Crippen LogP contribution in [-0.4, -0.2) is 27.5 Å². The van der Waals surface area contributed by atoms with Gasteiger partial charge in [-0.1, -0.05) is 30.3 Å². The predicted octanol–water partition coefficient (Wildman–Crippen LogP) is 4.41. The first kappa shape index (κ1) is 21.7. The van der Waals surface area contributed by atoms with Gasteiger partial charge in [-0.3, -0.25) is 9.59 Å². The van der Waals surface area contributed by atoms with Crippen molar-refractivity contribution in [3.05, 3.63) is 77.4 Å². The number of ether oxygens (including phenoxy) is 1. The second-order valence-electron chi connectivity index (χ2n) is 7.99. The minimum absolute atomic E-state index is 0.144. The Bertz CT molecular complexity index is 1090. The molecule has 0 spiro atoms. The van der Waals surface area contributed by atoms with Gasteiger partial charge in [0.05, 0.1) is 0 Å². The quantitative estimate of drug-likeness (QED) is 0.558. The zero-order valence-corrected chi connectivity index (χ0v) is 18.0. The van der Waals surface area contributed by atoms with E-state index < -0.39 is 0 Å². The fourth-order valence-corrected chi connectivity index (χ4v) is 3.96. The largest absolute Gasteiger partial charge is 0.462 e. The summed E-state index contributed by atoms with van der Waals surface area (Å²) in [5.74, 6) is -0.172. The van der Waals surface area contributed by atoms with E-state index in [0.29, 0.717) is 37.4 Å². The van der Waals surface area contributed by atoms with Crippen molar-refractivity contribution < 1.29 is 18.7 Å². The van der Waals surface area contributed by atoms with E-state index in [1.165, 1.54) is 12.1 Å². The van der Waals surface area contributed by atoms with Crippen molar-refractivity contribution in [3.63, 3.8) is 0 Å². The Hall–Kier alpha value is -3.48. The Morgan fingerprint density at radius 3 is 2.66 bits per heavy atom. The predicted molar refractivity (Wildman–Crippen MR) is 118 cm³/mol. The highest BCUT2D eigenvalue weighted by molar-refractivity contribution is 5.94. The zero-order valence-electron chi connectivity index (χ0n) is 18.0. The van der Waals surface area contributed by atoms with Crippen LogP contribution in [0.4, 0.5) is 4.39 Å². The summed E-state index contributed by atoms with van der Waals surface area (Å²) in [5, 5.41) is 2.92. The van der Waals surface area contributed by atoms with E-state index in [4.69, 9.17) is 4.74 Å². The lowest BCUT2D eigenvalue weighted by Crippen LogP contribution is -2.25. The SMILES string of the molecule is Cc1c(C(=O)NCc2ccccc2)nc(-c2ccc(F)cc2)n1CCC1CCCC(=O)O1. The van der Waals surface area contributed by atoms with E-state index in [1.807, 2.05) is 41.8 Å². The Morgan fingerprint density at radius 2 is 1.94 bits per heavy atom. The maximum Gasteiger partial charge on any atom is 0.306 e. The molecule has 2 heterocycles. The number of carbonyl (C=O) groups is 2. The van der Waals surface area contributed by atoms with Gasteiger partial charge in [0.2, 0.25) is 0 Å². The van der Waals surface area contributed by atoms with Gasteiger partial charge in [-0.05, 0) is 49.6 Å². The lowest BCUT2D eigenvalue weighted by molar-refractivity contribution is -0.154. The summed E-state index contributed by atoms with van der Waals surface area (Å²) in [5.41, 5.74) is 2.77. The Balaban J connectivity index is 1.57. The summed E-state index contributed by atoms with van der Waals surface area (Å²) in [6.07, 6.45) is 2.60. The molecular formula is C25H26FN3O3. The third-order valence-electron chi connectivity index (χ3n) is 5.71. The van der Waals surface area contributed by atoms with Crippen molar-refractivity contribution in [3.8, 4) is 11.4 Å². The summed E-state index contributed by atoms with van der Waals surface area (Å²) in [6.45, 7) is 2.79. The fraction of sp³-hybridized carbons (Fsp3) is 0.320. The third kappa shape index (κ3) is 5.04. The van der Waals surface area contributed by atoms with Crippen molar-refractivity contribution in [1.29, 1.82) is 0 Å². The van der Waals surface area contributed by atoms with E-state index in [2.05, 4.69) is 10.3 Å². The molecule has 0 bridgehead atoms. The average molecular weight is 435 g/mol. The van der Waals surface area contributed by atoms with Crippen molar-refractivity contribution in [2.75, 3.05) is 0 Å². The van der Waals surface area contributed by atoms with Crippen LogP contribution in [-0.2, 0) is 22.6 Å². The molecular weight excluding hydrogens is 409 g/mol. The summed E-state index contributed by atoms with van der Waals surface area (Å²) < 4.78 is 20.9. The number of nitrogens with one attached hydrogen (secondary N) is 1. The van der Waals surface area contributed by atoms with E-state index >= 15 is 0 Å². The maximum atomic E-state index is 13.5. The number of aromatic nitrogens is 2.